The Labute approximate surface area is 198 Å². The number of aromatic nitrogens is 3. The first-order valence-corrected chi connectivity index (χ1v) is 12.0. The molecule has 1 heterocycles. The van der Waals surface area contributed by atoms with Crippen LogP contribution in [-0.2, 0) is 10.5 Å². The summed E-state index contributed by atoms with van der Waals surface area (Å²) in [4.78, 5) is 12.2. The maximum Gasteiger partial charge on any atom is 0.251 e. The van der Waals surface area contributed by atoms with Crippen LogP contribution >= 0.6 is 23.4 Å². The van der Waals surface area contributed by atoms with E-state index in [1.807, 2.05) is 48.5 Å². The molecule has 6 nitrogen and oxygen atoms in total. The van der Waals surface area contributed by atoms with Crippen LogP contribution in [0.5, 0.6) is 0 Å². The van der Waals surface area contributed by atoms with Gasteiger partial charge in [-0.05, 0) is 42.7 Å². The predicted molar refractivity (Wildman–Crippen MR) is 130 cm³/mol. The molecule has 0 spiro atoms. The van der Waals surface area contributed by atoms with E-state index in [4.69, 9.17) is 16.3 Å². The van der Waals surface area contributed by atoms with Crippen LogP contribution in [0.4, 0.5) is 0 Å². The molecule has 1 N–H and O–H groups in total. The Kier molecular flexibility index (Phi) is 8.73. The number of nitrogens with zero attached hydrogens (tertiary/aromatic N) is 3. The van der Waals surface area contributed by atoms with Gasteiger partial charge in [-0.1, -0.05) is 61.5 Å². The standard InChI is InChI=1S/C24H29ClN4O2S/c1-16(2)13-26-23(30)19-11-9-18(10-12-19)15-32-24-28-27-22(29(24)17(3)14-31-4)20-7-5-6-8-21(20)25/h5-12,16-17H,13-15H2,1-4H3,(H,26,30)/t17-/m0/s1. The molecule has 0 fully saturated rings. The number of rotatable bonds is 10. The molecule has 1 atom stereocenters. The molecule has 0 saturated carbocycles. The molecular weight excluding hydrogens is 444 g/mol. The molecule has 3 rings (SSSR count). The predicted octanol–water partition coefficient (Wildman–Crippen LogP) is 5.48. The lowest BCUT2D eigenvalue weighted by Crippen LogP contribution is -2.27. The Hall–Kier alpha value is -2.35. The van der Waals surface area contributed by atoms with Gasteiger partial charge in [0, 0.05) is 30.5 Å². The number of nitrogens with one attached hydrogen (secondary N) is 1. The van der Waals surface area contributed by atoms with E-state index < -0.39 is 0 Å². The second-order valence-electron chi connectivity index (χ2n) is 8.05. The number of benzene rings is 2. The van der Waals surface area contributed by atoms with Crippen molar-refractivity contribution in [2.24, 2.45) is 5.92 Å². The fraction of sp³-hybridized carbons (Fsp3) is 0.375. The lowest BCUT2D eigenvalue weighted by molar-refractivity contribution is 0.0949. The number of carbonyl (C=O) groups excluding carboxylic acids is 1. The fourth-order valence-electron chi connectivity index (χ4n) is 3.21. The third-order valence-electron chi connectivity index (χ3n) is 4.88. The maximum atomic E-state index is 12.2. The number of ether oxygens (including phenoxy) is 1. The van der Waals surface area contributed by atoms with Crippen molar-refractivity contribution in [3.63, 3.8) is 0 Å². The second-order valence-corrected chi connectivity index (χ2v) is 9.40. The molecule has 1 amide bonds. The van der Waals surface area contributed by atoms with Gasteiger partial charge in [0.1, 0.15) is 0 Å². The Morgan fingerprint density at radius 2 is 1.84 bits per heavy atom. The molecule has 0 aliphatic rings. The number of carbonyl (C=O) groups is 1. The van der Waals surface area contributed by atoms with Crippen LogP contribution in [0, 0.1) is 5.92 Å². The molecule has 2 aromatic carbocycles. The molecular formula is C24H29ClN4O2S. The van der Waals surface area contributed by atoms with Gasteiger partial charge < -0.3 is 10.1 Å². The Morgan fingerprint density at radius 3 is 2.50 bits per heavy atom. The smallest absolute Gasteiger partial charge is 0.251 e. The number of hydrogen-bond donors (Lipinski definition) is 1. The number of thioether (sulfide) groups is 1. The van der Waals surface area contributed by atoms with Gasteiger partial charge in [-0.2, -0.15) is 0 Å². The fourth-order valence-corrected chi connectivity index (χ4v) is 4.43. The van der Waals surface area contributed by atoms with Gasteiger partial charge in [0.15, 0.2) is 11.0 Å². The summed E-state index contributed by atoms with van der Waals surface area (Å²) in [6, 6.07) is 15.3. The van der Waals surface area contributed by atoms with Crippen LogP contribution in [0.1, 0.15) is 42.7 Å². The summed E-state index contributed by atoms with van der Waals surface area (Å²) in [7, 11) is 1.68. The largest absolute Gasteiger partial charge is 0.383 e. The molecule has 3 aromatic rings. The summed E-state index contributed by atoms with van der Waals surface area (Å²) in [5, 5.41) is 13.2. The maximum absolute atomic E-state index is 12.2. The van der Waals surface area contributed by atoms with Gasteiger partial charge in [-0.25, -0.2) is 0 Å². The summed E-state index contributed by atoms with van der Waals surface area (Å²) < 4.78 is 7.45. The summed E-state index contributed by atoms with van der Waals surface area (Å²) in [6.45, 7) is 7.42. The third-order valence-corrected chi connectivity index (χ3v) is 6.23. The Bertz CT molecular complexity index is 1040. The van der Waals surface area contributed by atoms with Crippen molar-refractivity contribution in [1.82, 2.24) is 20.1 Å². The van der Waals surface area contributed by atoms with Crippen molar-refractivity contribution in [3.8, 4) is 11.4 Å². The molecule has 0 aliphatic heterocycles. The summed E-state index contributed by atoms with van der Waals surface area (Å²) in [6.07, 6.45) is 0. The summed E-state index contributed by atoms with van der Waals surface area (Å²) >= 11 is 8.02. The average Bonchev–Trinajstić information content (AvgIpc) is 3.20. The van der Waals surface area contributed by atoms with Crippen molar-refractivity contribution in [3.05, 3.63) is 64.7 Å². The number of halogens is 1. The highest BCUT2D eigenvalue weighted by Gasteiger charge is 2.20. The van der Waals surface area contributed by atoms with Crippen molar-refractivity contribution < 1.29 is 9.53 Å². The summed E-state index contributed by atoms with van der Waals surface area (Å²) in [5.74, 6) is 1.80. The van der Waals surface area contributed by atoms with Crippen LogP contribution in [0.15, 0.2) is 53.7 Å². The Balaban J connectivity index is 1.76. The quantitative estimate of drug-likeness (QED) is 0.395. The van der Waals surface area contributed by atoms with Gasteiger partial charge in [-0.15, -0.1) is 10.2 Å². The lowest BCUT2D eigenvalue weighted by Gasteiger charge is -2.17. The lowest BCUT2D eigenvalue weighted by atomic mass is 10.1. The molecule has 0 saturated heterocycles. The van der Waals surface area contributed by atoms with Crippen LogP contribution in [-0.4, -0.2) is 40.9 Å². The summed E-state index contributed by atoms with van der Waals surface area (Å²) in [5.41, 5.74) is 2.61. The van der Waals surface area contributed by atoms with Crippen molar-refractivity contribution >= 4 is 29.3 Å². The topological polar surface area (TPSA) is 69.0 Å². The molecule has 0 radical (unpaired) electrons. The van der Waals surface area contributed by atoms with Crippen molar-refractivity contribution in [2.45, 2.75) is 37.7 Å². The monoisotopic (exact) mass is 472 g/mol. The van der Waals surface area contributed by atoms with E-state index in [-0.39, 0.29) is 11.9 Å². The van der Waals surface area contributed by atoms with E-state index in [0.29, 0.717) is 35.4 Å². The molecule has 1 aromatic heterocycles. The van der Waals surface area contributed by atoms with E-state index >= 15 is 0 Å². The van der Waals surface area contributed by atoms with E-state index in [2.05, 4.69) is 40.9 Å². The molecule has 0 bridgehead atoms. The number of methoxy groups -OCH3 is 1. The normalized spacial score (nSPS) is 12.2. The van der Waals surface area contributed by atoms with Crippen molar-refractivity contribution in [2.75, 3.05) is 20.3 Å². The van der Waals surface area contributed by atoms with E-state index in [1.165, 1.54) is 0 Å². The van der Waals surface area contributed by atoms with Crippen LogP contribution in [0.2, 0.25) is 5.02 Å². The zero-order valence-corrected chi connectivity index (χ0v) is 20.4. The van der Waals surface area contributed by atoms with Crippen LogP contribution in [0.3, 0.4) is 0 Å². The van der Waals surface area contributed by atoms with Gasteiger partial charge in [0.05, 0.1) is 17.7 Å². The Morgan fingerprint density at radius 1 is 1.12 bits per heavy atom. The van der Waals surface area contributed by atoms with E-state index in [9.17, 15) is 4.79 Å². The SMILES string of the molecule is COC[C@H](C)n1c(SCc2ccc(C(=O)NCC(C)C)cc2)nnc1-c1ccccc1Cl. The minimum Gasteiger partial charge on any atom is -0.383 e. The first-order valence-electron chi connectivity index (χ1n) is 10.6. The number of hydrogen-bond acceptors (Lipinski definition) is 5. The van der Waals surface area contributed by atoms with Crippen LogP contribution < -0.4 is 5.32 Å². The van der Waals surface area contributed by atoms with Gasteiger partial charge in [-0.3, -0.25) is 9.36 Å². The molecule has 170 valence electrons. The van der Waals surface area contributed by atoms with E-state index in [0.717, 1.165) is 22.1 Å². The average molecular weight is 473 g/mol. The highest BCUT2D eigenvalue weighted by Crippen LogP contribution is 2.33. The highest BCUT2D eigenvalue weighted by molar-refractivity contribution is 7.98. The van der Waals surface area contributed by atoms with Gasteiger partial charge in [0.25, 0.3) is 5.91 Å². The number of amides is 1. The zero-order valence-electron chi connectivity index (χ0n) is 18.8. The minimum absolute atomic E-state index is 0.0378. The first kappa shape index (κ1) is 24.3. The molecule has 0 aliphatic carbocycles. The zero-order chi connectivity index (χ0) is 23.1. The molecule has 0 unspecified atom stereocenters. The highest BCUT2D eigenvalue weighted by atomic mass is 35.5. The van der Waals surface area contributed by atoms with Gasteiger partial charge >= 0.3 is 0 Å². The van der Waals surface area contributed by atoms with Gasteiger partial charge in [0.2, 0.25) is 0 Å². The second kappa shape index (κ2) is 11.5. The van der Waals surface area contributed by atoms with Crippen molar-refractivity contribution in [1.29, 1.82) is 0 Å². The molecule has 32 heavy (non-hydrogen) atoms. The third kappa shape index (κ3) is 6.12. The minimum atomic E-state index is -0.0459. The first-order chi connectivity index (χ1) is 15.4. The van der Waals surface area contributed by atoms with Crippen LogP contribution in [0.25, 0.3) is 11.4 Å². The molecule has 8 heteroatoms. The van der Waals surface area contributed by atoms with E-state index in [1.54, 1.807) is 18.9 Å².